The van der Waals surface area contributed by atoms with Gasteiger partial charge in [0.15, 0.2) is 0 Å². The third-order valence-electron chi connectivity index (χ3n) is 3.82. The van der Waals surface area contributed by atoms with E-state index in [1.807, 2.05) is 38.2 Å². The van der Waals surface area contributed by atoms with E-state index in [1.54, 1.807) is 16.8 Å². The molecule has 3 aromatic rings. The van der Waals surface area contributed by atoms with Crippen LogP contribution in [0.1, 0.15) is 16.7 Å². The van der Waals surface area contributed by atoms with Gasteiger partial charge in [-0.15, -0.1) is 0 Å². The van der Waals surface area contributed by atoms with Gasteiger partial charge >= 0.3 is 0 Å². The first-order chi connectivity index (χ1) is 11.8. The smallest absolute Gasteiger partial charge is 0.221 e. The monoisotopic (exact) mass is 373 g/mol. The predicted octanol–water partition coefficient (Wildman–Crippen LogP) is 4.49. The Morgan fingerprint density at radius 2 is 1.76 bits per heavy atom. The van der Waals surface area contributed by atoms with E-state index in [0.717, 1.165) is 27.9 Å². The molecule has 0 aliphatic carbocycles. The van der Waals surface area contributed by atoms with Gasteiger partial charge in [0, 0.05) is 17.3 Å². The molecule has 1 aromatic heterocycles. The minimum atomic E-state index is -0.415. The van der Waals surface area contributed by atoms with Gasteiger partial charge in [0.2, 0.25) is 5.91 Å². The topological polar surface area (TPSA) is 60.9 Å². The van der Waals surface area contributed by atoms with Gasteiger partial charge in [-0.05, 0) is 49.2 Å². The van der Waals surface area contributed by atoms with Crippen molar-refractivity contribution in [1.82, 2.24) is 9.78 Å². The number of hydrogen-bond donors (Lipinski definition) is 1. The molecule has 0 fully saturated rings. The van der Waals surface area contributed by atoms with Crippen LogP contribution in [0.5, 0.6) is 0 Å². The van der Waals surface area contributed by atoms with Crippen LogP contribution in [0.4, 0.5) is 0 Å². The van der Waals surface area contributed by atoms with Crippen LogP contribution in [0, 0.1) is 13.8 Å². The van der Waals surface area contributed by atoms with E-state index in [2.05, 4.69) is 11.2 Å². The van der Waals surface area contributed by atoms with Crippen molar-refractivity contribution in [2.45, 2.75) is 20.3 Å². The lowest BCUT2D eigenvalue weighted by Gasteiger charge is -2.05. The Morgan fingerprint density at radius 3 is 2.36 bits per heavy atom. The van der Waals surface area contributed by atoms with Gasteiger partial charge in [0.05, 0.1) is 27.8 Å². The van der Waals surface area contributed by atoms with Gasteiger partial charge in [-0.1, -0.05) is 35.3 Å². The van der Waals surface area contributed by atoms with Crippen LogP contribution in [0.2, 0.25) is 10.0 Å². The normalized spacial score (nSPS) is 10.9. The highest BCUT2D eigenvalue weighted by Crippen LogP contribution is 2.30. The molecule has 0 bridgehead atoms. The molecule has 2 aromatic carbocycles. The SMILES string of the molecule is Cc1cc(C)cc(-n2cc(CC(N)=O)c(-c3ccc(Cl)c(Cl)c3)n2)c1. The molecular weight excluding hydrogens is 357 g/mol. The molecule has 0 spiro atoms. The minimum absolute atomic E-state index is 0.0976. The van der Waals surface area contributed by atoms with Crippen molar-refractivity contribution in [3.05, 3.63) is 69.3 Å². The summed E-state index contributed by atoms with van der Waals surface area (Å²) in [5, 5.41) is 5.57. The summed E-state index contributed by atoms with van der Waals surface area (Å²) in [6, 6.07) is 11.4. The molecular formula is C19H17Cl2N3O. The Morgan fingerprint density at radius 1 is 1.08 bits per heavy atom. The fourth-order valence-corrected chi connectivity index (χ4v) is 3.13. The molecule has 2 N–H and O–H groups in total. The quantitative estimate of drug-likeness (QED) is 0.731. The van der Waals surface area contributed by atoms with E-state index < -0.39 is 5.91 Å². The Balaban J connectivity index is 2.15. The Hall–Kier alpha value is -2.30. The molecule has 1 amide bonds. The van der Waals surface area contributed by atoms with Crippen LogP contribution < -0.4 is 5.73 Å². The fraction of sp³-hybridized carbons (Fsp3) is 0.158. The van der Waals surface area contributed by atoms with Crippen molar-refractivity contribution in [2.75, 3.05) is 0 Å². The maximum Gasteiger partial charge on any atom is 0.221 e. The zero-order valence-corrected chi connectivity index (χ0v) is 15.4. The maximum atomic E-state index is 11.5. The second-order valence-corrected chi connectivity index (χ2v) is 6.88. The molecule has 0 saturated carbocycles. The molecule has 128 valence electrons. The summed E-state index contributed by atoms with van der Waals surface area (Å²) in [6.07, 6.45) is 1.93. The van der Waals surface area contributed by atoms with Gasteiger partial charge in [-0.25, -0.2) is 4.68 Å². The van der Waals surface area contributed by atoms with E-state index in [4.69, 9.17) is 28.9 Å². The predicted molar refractivity (Wildman–Crippen MR) is 101 cm³/mol. The molecule has 0 saturated heterocycles. The van der Waals surface area contributed by atoms with Crippen LogP contribution in [0.25, 0.3) is 16.9 Å². The van der Waals surface area contributed by atoms with E-state index >= 15 is 0 Å². The summed E-state index contributed by atoms with van der Waals surface area (Å²) < 4.78 is 1.76. The minimum Gasteiger partial charge on any atom is -0.369 e. The molecule has 0 aliphatic heterocycles. The number of amides is 1. The largest absolute Gasteiger partial charge is 0.369 e. The number of rotatable bonds is 4. The number of nitrogens with zero attached hydrogens (tertiary/aromatic N) is 2. The average Bonchev–Trinajstić information content (AvgIpc) is 2.92. The van der Waals surface area contributed by atoms with Gasteiger partial charge in [0.1, 0.15) is 0 Å². The van der Waals surface area contributed by atoms with Crippen LogP contribution in [-0.2, 0) is 11.2 Å². The molecule has 25 heavy (non-hydrogen) atoms. The van der Waals surface area contributed by atoms with Crippen LogP contribution >= 0.6 is 23.2 Å². The van der Waals surface area contributed by atoms with E-state index in [1.165, 1.54) is 0 Å². The van der Waals surface area contributed by atoms with Crippen molar-refractivity contribution < 1.29 is 4.79 Å². The second kappa shape index (κ2) is 6.90. The third kappa shape index (κ3) is 3.86. The fourth-order valence-electron chi connectivity index (χ4n) is 2.83. The summed E-state index contributed by atoms with van der Waals surface area (Å²) in [6.45, 7) is 4.06. The van der Waals surface area contributed by atoms with E-state index in [9.17, 15) is 4.79 Å². The first-order valence-corrected chi connectivity index (χ1v) is 8.50. The Kier molecular flexibility index (Phi) is 4.84. The lowest BCUT2D eigenvalue weighted by Crippen LogP contribution is -2.13. The summed E-state index contributed by atoms with van der Waals surface area (Å²) >= 11 is 12.1. The molecule has 3 rings (SSSR count). The number of carbonyl (C=O) groups is 1. The van der Waals surface area contributed by atoms with Crippen LogP contribution in [0.15, 0.2) is 42.6 Å². The van der Waals surface area contributed by atoms with E-state index in [0.29, 0.717) is 15.7 Å². The van der Waals surface area contributed by atoms with Gasteiger partial charge < -0.3 is 5.73 Å². The number of benzene rings is 2. The van der Waals surface area contributed by atoms with Crippen molar-refractivity contribution >= 4 is 29.1 Å². The average molecular weight is 374 g/mol. The van der Waals surface area contributed by atoms with Gasteiger partial charge in [-0.2, -0.15) is 5.10 Å². The summed E-state index contributed by atoms with van der Waals surface area (Å²) in [4.78, 5) is 11.5. The number of primary amides is 1. The molecule has 0 unspecified atom stereocenters. The van der Waals surface area contributed by atoms with Crippen molar-refractivity contribution in [3.8, 4) is 16.9 Å². The number of aromatic nitrogens is 2. The van der Waals surface area contributed by atoms with Crippen LogP contribution in [-0.4, -0.2) is 15.7 Å². The van der Waals surface area contributed by atoms with Crippen molar-refractivity contribution in [2.24, 2.45) is 5.73 Å². The summed E-state index contributed by atoms with van der Waals surface area (Å²) in [5.41, 5.74) is 10.8. The van der Waals surface area contributed by atoms with Gasteiger partial charge in [0.25, 0.3) is 0 Å². The summed E-state index contributed by atoms with van der Waals surface area (Å²) in [5.74, 6) is -0.415. The standard InChI is InChI=1S/C19H17Cl2N3O/c1-11-5-12(2)7-15(6-11)24-10-14(9-18(22)25)19(23-24)13-3-4-16(20)17(21)8-13/h3-8,10H,9H2,1-2H3,(H2,22,25). The van der Waals surface area contributed by atoms with Crippen molar-refractivity contribution in [1.29, 1.82) is 0 Å². The highest BCUT2D eigenvalue weighted by atomic mass is 35.5. The molecule has 6 heteroatoms. The highest BCUT2D eigenvalue weighted by Gasteiger charge is 2.15. The maximum absolute atomic E-state index is 11.5. The number of nitrogens with two attached hydrogens (primary N) is 1. The Labute approximate surface area is 156 Å². The lowest BCUT2D eigenvalue weighted by molar-refractivity contribution is -0.117. The number of halogens is 2. The molecule has 0 radical (unpaired) electrons. The number of hydrogen-bond acceptors (Lipinski definition) is 2. The van der Waals surface area contributed by atoms with Crippen molar-refractivity contribution in [3.63, 3.8) is 0 Å². The van der Waals surface area contributed by atoms with Crippen LogP contribution in [0.3, 0.4) is 0 Å². The number of aryl methyl sites for hydroxylation is 2. The molecule has 4 nitrogen and oxygen atoms in total. The Bertz CT molecular complexity index is 943. The molecule has 1 heterocycles. The third-order valence-corrected chi connectivity index (χ3v) is 4.56. The van der Waals surface area contributed by atoms with E-state index in [-0.39, 0.29) is 6.42 Å². The number of carbonyl (C=O) groups excluding carboxylic acids is 1. The van der Waals surface area contributed by atoms with Gasteiger partial charge in [-0.3, -0.25) is 4.79 Å². The molecule has 0 atom stereocenters. The first-order valence-electron chi connectivity index (χ1n) is 7.74. The zero-order chi connectivity index (χ0) is 18.1. The lowest BCUT2D eigenvalue weighted by atomic mass is 10.1. The first kappa shape index (κ1) is 17.5. The second-order valence-electron chi connectivity index (χ2n) is 6.07. The summed E-state index contributed by atoms with van der Waals surface area (Å²) in [7, 11) is 0. The zero-order valence-electron chi connectivity index (χ0n) is 13.9. The molecule has 0 aliphatic rings. The highest BCUT2D eigenvalue weighted by molar-refractivity contribution is 6.42.